The highest BCUT2D eigenvalue weighted by Crippen LogP contribution is 2.35. The molecule has 1 aliphatic heterocycles. The number of benzene rings is 1. The first-order chi connectivity index (χ1) is 10.1. The molecule has 3 nitrogen and oxygen atoms in total. The fourth-order valence-electron chi connectivity index (χ4n) is 3.45. The number of nitrogens with one attached hydrogen (secondary N) is 1. The third kappa shape index (κ3) is 3.67. The van der Waals surface area contributed by atoms with E-state index >= 15 is 0 Å². The van der Waals surface area contributed by atoms with Crippen molar-refractivity contribution in [2.24, 2.45) is 5.92 Å². The predicted molar refractivity (Wildman–Crippen MR) is 86.0 cm³/mol. The summed E-state index contributed by atoms with van der Waals surface area (Å²) in [7, 11) is -2.85. The van der Waals surface area contributed by atoms with Gasteiger partial charge in [-0.05, 0) is 30.7 Å². The molecular weight excluding hydrogens is 282 g/mol. The maximum atomic E-state index is 12.0. The molecule has 1 aromatic rings. The fraction of sp³-hybridized carbons (Fsp3) is 0.647. The van der Waals surface area contributed by atoms with Gasteiger partial charge in [-0.15, -0.1) is 0 Å². The predicted octanol–water partition coefficient (Wildman–Crippen LogP) is 3.08. The highest BCUT2D eigenvalue weighted by atomic mass is 32.2. The molecule has 0 bridgehead atoms. The number of sulfone groups is 1. The van der Waals surface area contributed by atoms with Gasteiger partial charge in [-0.1, -0.05) is 49.6 Å². The molecule has 1 aromatic carbocycles. The molecule has 2 fully saturated rings. The molecule has 0 amide bonds. The standard InChI is InChI=1S/C17H25NO2S/c19-21(20)11-5-10-16(21)13-18-17(12-14-6-4-7-14)15-8-2-1-3-9-15/h1-3,8-9,14,16-18H,4-7,10-13H2/t16-,17+/m1/s1. The van der Waals surface area contributed by atoms with Crippen LogP contribution in [0.25, 0.3) is 0 Å². The largest absolute Gasteiger partial charge is 0.309 e. The molecule has 1 N–H and O–H groups in total. The lowest BCUT2D eigenvalue weighted by Gasteiger charge is -2.31. The molecule has 1 heterocycles. The third-order valence-corrected chi connectivity index (χ3v) is 7.33. The Kier molecular flexibility index (Phi) is 4.65. The average molecular weight is 307 g/mol. The highest BCUT2D eigenvalue weighted by molar-refractivity contribution is 7.92. The second-order valence-electron chi connectivity index (χ2n) is 6.54. The lowest BCUT2D eigenvalue weighted by molar-refractivity contribution is 0.261. The summed E-state index contributed by atoms with van der Waals surface area (Å²) in [6.07, 6.45) is 6.78. The Morgan fingerprint density at radius 2 is 1.86 bits per heavy atom. The van der Waals surface area contributed by atoms with Crippen LogP contribution in [0.3, 0.4) is 0 Å². The van der Waals surface area contributed by atoms with Crippen molar-refractivity contribution in [3.05, 3.63) is 35.9 Å². The second kappa shape index (κ2) is 6.49. The molecule has 21 heavy (non-hydrogen) atoms. The van der Waals surface area contributed by atoms with Gasteiger partial charge in [0.1, 0.15) is 0 Å². The molecular formula is C17H25NO2S. The second-order valence-corrected chi connectivity index (χ2v) is 8.94. The van der Waals surface area contributed by atoms with Crippen LogP contribution < -0.4 is 5.32 Å². The van der Waals surface area contributed by atoms with Gasteiger partial charge >= 0.3 is 0 Å². The Balaban J connectivity index is 1.64. The molecule has 1 aliphatic carbocycles. The van der Waals surface area contributed by atoms with Crippen molar-refractivity contribution in [3.63, 3.8) is 0 Å². The number of hydrogen-bond donors (Lipinski definition) is 1. The van der Waals surface area contributed by atoms with Crippen LogP contribution in [0.15, 0.2) is 30.3 Å². The molecule has 1 saturated carbocycles. The van der Waals surface area contributed by atoms with Crippen molar-refractivity contribution in [1.82, 2.24) is 5.32 Å². The molecule has 0 aromatic heterocycles. The summed E-state index contributed by atoms with van der Waals surface area (Å²) >= 11 is 0. The first kappa shape index (κ1) is 15.0. The fourth-order valence-corrected chi connectivity index (χ4v) is 5.22. The molecule has 4 heteroatoms. The van der Waals surface area contributed by atoms with Gasteiger partial charge in [-0.3, -0.25) is 0 Å². The maximum absolute atomic E-state index is 12.0. The van der Waals surface area contributed by atoms with E-state index in [0.29, 0.717) is 18.3 Å². The molecule has 0 radical (unpaired) electrons. The maximum Gasteiger partial charge on any atom is 0.154 e. The molecule has 2 atom stereocenters. The van der Waals surface area contributed by atoms with E-state index in [1.54, 1.807) is 0 Å². The minimum Gasteiger partial charge on any atom is -0.309 e. The van der Waals surface area contributed by atoms with E-state index in [-0.39, 0.29) is 5.25 Å². The normalized spacial score (nSPS) is 26.4. The molecule has 3 rings (SSSR count). The Hall–Kier alpha value is -0.870. The van der Waals surface area contributed by atoms with Crippen LogP contribution in [0.1, 0.15) is 50.1 Å². The van der Waals surface area contributed by atoms with E-state index in [9.17, 15) is 8.42 Å². The quantitative estimate of drug-likeness (QED) is 0.878. The van der Waals surface area contributed by atoms with Gasteiger partial charge in [0.25, 0.3) is 0 Å². The summed E-state index contributed by atoms with van der Waals surface area (Å²) < 4.78 is 23.9. The van der Waals surface area contributed by atoms with Crippen molar-refractivity contribution in [1.29, 1.82) is 0 Å². The molecule has 0 spiro atoms. The Bertz CT molecular complexity index is 551. The number of hydrogen-bond acceptors (Lipinski definition) is 3. The van der Waals surface area contributed by atoms with Crippen LogP contribution >= 0.6 is 0 Å². The van der Waals surface area contributed by atoms with E-state index < -0.39 is 9.84 Å². The minimum atomic E-state index is -2.85. The minimum absolute atomic E-state index is 0.176. The van der Waals surface area contributed by atoms with E-state index in [4.69, 9.17) is 0 Å². The first-order valence-electron chi connectivity index (χ1n) is 8.15. The van der Waals surface area contributed by atoms with E-state index in [1.165, 1.54) is 24.8 Å². The van der Waals surface area contributed by atoms with Gasteiger partial charge in [-0.25, -0.2) is 8.42 Å². The van der Waals surface area contributed by atoms with Gasteiger partial charge in [0.2, 0.25) is 0 Å². The SMILES string of the molecule is O=S1(=O)CCC[C@@H]1CN[C@@H](CC1CCC1)c1ccccc1. The zero-order valence-corrected chi connectivity index (χ0v) is 13.3. The zero-order valence-electron chi connectivity index (χ0n) is 12.5. The average Bonchev–Trinajstić information content (AvgIpc) is 2.77. The van der Waals surface area contributed by atoms with E-state index in [0.717, 1.165) is 25.2 Å². The zero-order chi connectivity index (χ0) is 14.7. The van der Waals surface area contributed by atoms with Crippen LogP contribution in [-0.4, -0.2) is 26.0 Å². The lowest BCUT2D eigenvalue weighted by Crippen LogP contribution is -2.34. The number of rotatable bonds is 6. The summed E-state index contributed by atoms with van der Waals surface area (Å²) in [5.41, 5.74) is 1.29. The van der Waals surface area contributed by atoms with Crippen molar-refractivity contribution >= 4 is 9.84 Å². The Morgan fingerprint density at radius 3 is 2.43 bits per heavy atom. The van der Waals surface area contributed by atoms with Crippen LogP contribution in [-0.2, 0) is 9.84 Å². The Labute approximate surface area is 128 Å². The topological polar surface area (TPSA) is 46.2 Å². The lowest BCUT2D eigenvalue weighted by atomic mass is 9.79. The highest BCUT2D eigenvalue weighted by Gasteiger charge is 2.32. The first-order valence-corrected chi connectivity index (χ1v) is 9.86. The van der Waals surface area contributed by atoms with Crippen molar-refractivity contribution in [2.75, 3.05) is 12.3 Å². The third-order valence-electron chi connectivity index (χ3n) is 5.05. The smallest absolute Gasteiger partial charge is 0.154 e. The van der Waals surface area contributed by atoms with Gasteiger partial charge in [0.05, 0.1) is 11.0 Å². The van der Waals surface area contributed by atoms with E-state index in [1.807, 2.05) is 6.07 Å². The van der Waals surface area contributed by atoms with Crippen LogP contribution in [0, 0.1) is 5.92 Å². The van der Waals surface area contributed by atoms with E-state index in [2.05, 4.69) is 29.6 Å². The summed E-state index contributed by atoms with van der Waals surface area (Å²) in [4.78, 5) is 0. The van der Waals surface area contributed by atoms with Gasteiger partial charge < -0.3 is 5.32 Å². The summed E-state index contributed by atoms with van der Waals surface area (Å²) in [5.74, 6) is 1.18. The van der Waals surface area contributed by atoms with Gasteiger partial charge in [0, 0.05) is 12.6 Å². The molecule has 1 saturated heterocycles. The van der Waals surface area contributed by atoms with Crippen molar-refractivity contribution < 1.29 is 8.42 Å². The molecule has 2 aliphatic rings. The molecule has 116 valence electrons. The summed E-state index contributed by atoms with van der Waals surface area (Å²) in [6, 6.07) is 10.8. The van der Waals surface area contributed by atoms with Crippen LogP contribution in [0.5, 0.6) is 0 Å². The van der Waals surface area contributed by atoms with Gasteiger partial charge in [-0.2, -0.15) is 0 Å². The van der Waals surface area contributed by atoms with Gasteiger partial charge in [0.15, 0.2) is 9.84 Å². The Morgan fingerprint density at radius 1 is 1.10 bits per heavy atom. The molecule has 0 unspecified atom stereocenters. The summed E-state index contributed by atoms with van der Waals surface area (Å²) in [6.45, 7) is 0.606. The van der Waals surface area contributed by atoms with Crippen molar-refractivity contribution in [3.8, 4) is 0 Å². The van der Waals surface area contributed by atoms with Crippen LogP contribution in [0.4, 0.5) is 0 Å². The summed E-state index contributed by atoms with van der Waals surface area (Å²) in [5, 5.41) is 3.38. The monoisotopic (exact) mass is 307 g/mol. The van der Waals surface area contributed by atoms with Crippen LogP contribution in [0.2, 0.25) is 0 Å². The van der Waals surface area contributed by atoms with Crippen molar-refractivity contribution in [2.45, 2.75) is 49.8 Å².